The summed E-state index contributed by atoms with van der Waals surface area (Å²) in [6, 6.07) is 7.41. The Balaban J connectivity index is 2.46. The van der Waals surface area contributed by atoms with Crippen molar-refractivity contribution < 1.29 is 8.42 Å². The highest BCUT2D eigenvalue weighted by molar-refractivity contribution is 8.13. The molecule has 1 aromatic carbocycles. The molecule has 0 aliphatic rings. The second kappa shape index (κ2) is 5.76. The molecule has 0 fully saturated rings. The van der Waals surface area contributed by atoms with Crippen molar-refractivity contribution in [3.63, 3.8) is 0 Å². The van der Waals surface area contributed by atoms with Crippen molar-refractivity contribution in [1.29, 1.82) is 0 Å². The highest BCUT2D eigenvalue weighted by Gasteiger charge is 2.19. The lowest BCUT2D eigenvalue weighted by atomic mass is 10.2. The molecule has 1 heterocycles. The summed E-state index contributed by atoms with van der Waals surface area (Å²) >= 11 is 6.12. The van der Waals surface area contributed by atoms with Gasteiger partial charge in [-0.2, -0.15) is 0 Å². The maximum Gasteiger partial charge on any atom is 0.280 e. The number of rotatable bonds is 4. The van der Waals surface area contributed by atoms with Crippen LogP contribution in [0.4, 0.5) is 0 Å². The van der Waals surface area contributed by atoms with E-state index in [4.69, 9.17) is 22.3 Å². The molecule has 2 aromatic rings. The van der Waals surface area contributed by atoms with Gasteiger partial charge in [-0.15, -0.1) is 0 Å². The van der Waals surface area contributed by atoms with E-state index in [1.165, 1.54) is 6.20 Å². The third-order valence-electron chi connectivity index (χ3n) is 2.85. The van der Waals surface area contributed by atoms with Gasteiger partial charge in [0, 0.05) is 27.8 Å². The van der Waals surface area contributed by atoms with Crippen LogP contribution in [0, 0.1) is 0 Å². The van der Waals surface area contributed by atoms with Crippen molar-refractivity contribution in [3.05, 3.63) is 46.9 Å². The van der Waals surface area contributed by atoms with Crippen molar-refractivity contribution in [2.24, 2.45) is 0 Å². The molecule has 0 unspecified atom stereocenters. The molecule has 0 saturated heterocycles. The van der Waals surface area contributed by atoms with E-state index in [2.05, 4.69) is 4.98 Å². The van der Waals surface area contributed by atoms with Gasteiger partial charge in [-0.3, -0.25) is 0 Å². The van der Waals surface area contributed by atoms with E-state index in [-0.39, 0.29) is 10.9 Å². The minimum Gasteiger partial charge on any atom is -0.329 e. The van der Waals surface area contributed by atoms with Gasteiger partial charge in [0.2, 0.25) is 0 Å². The first-order valence-electron chi connectivity index (χ1n) is 6.04. The summed E-state index contributed by atoms with van der Waals surface area (Å²) in [7, 11) is 1.52. The smallest absolute Gasteiger partial charge is 0.280 e. The number of halogens is 2. The van der Waals surface area contributed by atoms with E-state index in [0.29, 0.717) is 17.4 Å². The Morgan fingerprint density at radius 2 is 1.95 bits per heavy atom. The van der Waals surface area contributed by atoms with Crippen LogP contribution in [-0.2, 0) is 15.6 Å². The molecule has 1 aromatic heterocycles. The van der Waals surface area contributed by atoms with Gasteiger partial charge in [-0.05, 0) is 11.6 Å². The maximum absolute atomic E-state index is 11.4. The van der Waals surface area contributed by atoms with E-state index >= 15 is 0 Å². The summed E-state index contributed by atoms with van der Waals surface area (Å²) in [5, 5.41) is 0.501. The van der Waals surface area contributed by atoms with E-state index in [1.54, 1.807) is 10.6 Å². The summed E-state index contributed by atoms with van der Waals surface area (Å²) in [4.78, 5) is 4.11. The molecule has 0 radical (unpaired) electrons. The maximum atomic E-state index is 11.4. The number of hydrogen-bond acceptors (Lipinski definition) is 3. The van der Waals surface area contributed by atoms with Gasteiger partial charge in [0.1, 0.15) is 5.82 Å². The van der Waals surface area contributed by atoms with Gasteiger partial charge in [-0.1, -0.05) is 43.6 Å². The average Bonchev–Trinajstić information content (AvgIpc) is 2.76. The number of benzene rings is 1. The standard InChI is InChI=1S/C13H14Cl2N2O2S/c1-9(2)13-16-12(20(15,18)19)8-17(13)7-10-5-3-4-6-11(10)14/h3-6,8-9H,7H2,1-2H3. The SMILES string of the molecule is CC(C)c1nc(S(=O)(=O)Cl)cn1Cc1ccccc1Cl. The summed E-state index contributed by atoms with van der Waals surface area (Å²) in [5.41, 5.74) is 0.895. The molecule has 108 valence electrons. The number of nitrogens with zero attached hydrogens (tertiary/aromatic N) is 2. The van der Waals surface area contributed by atoms with Crippen LogP contribution in [0.25, 0.3) is 0 Å². The molecule has 0 aliphatic carbocycles. The van der Waals surface area contributed by atoms with Gasteiger partial charge in [0.15, 0.2) is 5.03 Å². The highest BCUT2D eigenvalue weighted by atomic mass is 35.7. The van der Waals surface area contributed by atoms with Gasteiger partial charge in [0.25, 0.3) is 9.05 Å². The second-order valence-corrected chi connectivity index (χ2v) is 7.67. The van der Waals surface area contributed by atoms with Crippen LogP contribution in [0.15, 0.2) is 35.5 Å². The number of hydrogen-bond donors (Lipinski definition) is 0. The second-order valence-electron chi connectivity index (χ2n) is 4.75. The zero-order valence-corrected chi connectivity index (χ0v) is 13.4. The van der Waals surface area contributed by atoms with Crippen molar-refractivity contribution in [2.45, 2.75) is 31.3 Å². The molecule has 0 bridgehead atoms. The lowest BCUT2D eigenvalue weighted by Crippen LogP contribution is -2.06. The summed E-state index contributed by atoms with van der Waals surface area (Å²) in [5.74, 6) is 0.730. The van der Waals surface area contributed by atoms with E-state index in [9.17, 15) is 8.42 Å². The molecule has 0 amide bonds. The molecular weight excluding hydrogens is 319 g/mol. The monoisotopic (exact) mass is 332 g/mol. The van der Waals surface area contributed by atoms with E-state index in [0.717, 1.165) is 5.56 Å². The van der Waals surface area contributed by atoms with Crippen LogP contribution < -0.4 is 0 Å². The van der Waals surface area contributed by atoms with Crippen molar-refractivity contribution in [1.82, 2.24) is 9.55 Å². The zero-order valence-electron chi connectivity index (χ0n) is 11.0. The Labute approximate surface area is 127 Å². The normalized spacial score (nSPS) is 12.1. The van der Waals surface area contributed by atoms with Crippen LogP contribution >= 0.6 is 22.3 Å². The van der Waals surface area contributed by atoms with Gasteiger partial charge < -0.3 is 4.57 Å². The molecule has 0 aliphatic heterocycles. The molecular formula is C13H14Cl2N2O2S. The third-order valence-corrected chi connectivity index (χ3v) is 4.39. The fourth-order valence-electron chi connectivity index (χ4n) is 1.92. The quantitative estimate of drug-likeness (QED) is 0.803. The predicted octanol–water partition coefficient (Wildman–Crippen LogP) is 3.64. The molecule has 2 rings (SSSR count). The fraction of sp³-hybridized carbons (Fsp3) is 0.308. The minimum atomic E-state index is -3.83. The molecule has 20 heavy (non-hydrogen) atoms. The fourth-order valence-corrected chi connectivity index (χ4v) is 2.79. The first-order valence-corrected chi connectivity index (χ1v) is 8.73. The van der Waals surface area contributed by atoms with Crippen LogP contribution in [0.1, 0.15) is 31.2 Å². The Hall–Kier alpha value is -1.04. The summed E-state index contributed by atoms with van der Waals surface area (Å²) < 4.78 is 24.6. The lowest BCUT2D eigenvalue weighted by Gasteiger charge is -2.11. The average molecular weight is 333 g/mol. The van der Waals surface area contributed by atoms with E-state index in [1.807, 2.05) is 32.0 Å². The lowest BCUT2D eigenvalue weighted by molar-refractivity contribution is 0.606. The zero-order chi connectivity index (χ0) is 14.9. The van der Waals surface area contributed by atoms with Crippen LogP contribution in [-0.4, -0.2) is 18.0 Å². The number of aromatic nitrogens is 2. The Morgan fingerprint density at radius 3 is 2.50 bits per heavy atom. The van der Waals surface area contributed by atoms with Gasteiger partial charge >= 0.3 is 0 Å². The van der Waals surface area contributed by atoms with Crippen molar-refractivity contribution >= 4 is 31.3 Å². The van der Waals surface area contributed by atoms with Crippen LogP contribution in [0.2, 0.25) is 5.02 Å². The first kappa shape index (κ1) is 15.4. The first-order chi connectivity index (χ1) is 9.29. The third kappa shape index (κ3) is 3.34. The number of imidazole rings is 1. The van der Waals surface area contributed by atoms with Crippen molar-refractivity contribution in [2.75, 3.05) is 0 Å². The summed E-state index contributed by atoms with van der Waals surface area (Å²) in [6.45, 7) is 4.33. The minimum absolute atomic E-state index is 0.0738. The van der Waals surface area contributed by atoms with Crippen LogP contribution in [0.5, 0.6) is 0 Å². The Morgan fingerprint density at radius 1 is 1.30 bits per heavy atom. The topological polar surface area (TPSA) is 52.0 Å². The molecule has 4 nitrogen and oxygen atoms in total. The van der Waals surface area contributed by atoms with Crippen molar-refractivity contribution in [3.8, 4) is 0 Å². The molecule has 7 heteroatoms. The molecule has 0 N–H and O–H groups in total. The molecule has 0 atom stereocenters. The highest BCUT2D eigenvalue weighted by Crippen LogP contribution is 2.23. The molecule has 0 saturated carbocycles. The van der Waals surface area contributed by atoms with Gasteiger partial charge in [-0.25, -0.2) is 13.4 Å². The Bertz CT molecular complexity index is 724. The predicted molar refractivity (Wildman–Crippen MR) is 79.9 cm³/mol. The summed E-state index contributed by atoms with van der Waals surface area (Å²) in [6.07, 6.45) is 1.45. The van der Waals surface area contributed by atoms with Gasteiger partial charge in [0.05, 0.1) is 6.54 Å². The van der Waals surface area contributed by atoms with Crippen LogP contribution in [0.3, 0.4) is 0 Å². The Kier molecular flexibility index (Phi) is 4.42. The van der Waals surface area contributed by atoms with E-state index < -0.39 is 9.05 Å². The largest absolute Gasteiger partial charge is 0.329 e. The molecule has 0 spiro atoms.